The molecule has 4 aromatic carbocycles. The lowest BCUT2D eigenvalue weighted by Gasteiger charge is -2.10. The maximum absolute atomic E-state index is 6.25. The molecule has 0 saturated heterocycles. The number of para-hydroxylation sites is 3. The molecule has 0 amide bonds. The molecule has 2 N–H and O–H groups in total. The Morgan fingerprint density at radius 3 is 1.82 bits per heavy atom. The van der Waals surface area contributed by atoms with Crippen molar-refractivity contribution in [2.45, 2.75) is 6.67 Å². The Kier molecular flexibility index (Phi) is 3.16. The minimum absolute atomic E-state index is 0.444. The highest BCUT2D eigenvalue weighted by atomic mass is 15.1. The smallest absolute Gasteiger partial charge is 0.0785 e. The van der Waals surface area contributed by atoms with Crippen molar-refractivity contribution in [2.24, 2.45) is 5.73 Å². The Morgan fingerprint density at radius 2 is 1.11 bits per heavy atom. The van der Waals surface area contributed by atoms with Crippen molar-refractivity contribution in [1.29, 1.82) is 0 Å². The van der Waals surface area contributed by atoms with Crippen LogP contribution in [-0.2, 0) is 6.67 Å². The van der Waals surface area contributed by atoms with Crippen molar-refractivity contribution >= 4 is 43.6 Å². The Balaban J connectivity index is 1.95. The van der Waals surface area contributed by atoms with Crippen molar-refractivity contribution < 1.29 is 0 Å². The van der Waals surface area contributed by atoms with Gasteiger partial charge in [-0.15, -0.1) is 0 Å². The van der Waals surface area contributed by atoms with Crippen molar-refractivity contribution in [3.8, 4) is 5.69 Å². The zero-order valence-corrected chi connectivity index (χ0v) is 15.3. The van der Waals surface area contributed by atoms with E-state index in [0.29, 0.717) is 6.67 Å². The molecular weight excluding hydrogens is 342 g/mol. The lowest BCUT2D eigenvalue weighted by atomic mass is 10.1. The molecule has 0 spiro atoms. The molecule has 0 aliphatic carbocycles. The second kappa shape index (κ2) is 5.72. The average Bonchev–Trinajstić information content (AvgIpc) is 3.27. The summed E-state index contributed by atoms with van der Waals surface area (Å²) in [4.78, 5) is 0. The lowest BCUT2D eigenvalue weighted by Crippen LogP contribution is -2.07. The summed E-state index contributed by atoms with van der Waals surface area (Å²) >= 11 is 0. The minimum atomic E-state index is 0.444. The van der Waals surface area contributed by atoms with Gasteiger partial charge >= 0.3 is 0 Å². The quantitative estimate of drug-likeness (QED) is 0.415. The van der Waals surface area contributed by atoms with Gasteiger partial charge in [-0.05, 0) is 24.3 Å². The topological polar surface area (TPSA) is 35.9 Å². The minimum Gasteiger partial charge on any atom is -0.325 e. The molecule has 6 aromatic rings. The second-order valence-electron chi connectivity index (χ2n) is 7.17. The summed E-state index contributed by atoms with van der Waals surface area (Å²) in [5, 5.41) is 5.00. The van der Waals surface area contributed by atoms with E-state index in [4.69, 9.17) is 5.73 Å². The number of nitrogens with zero attached hydrogens (tertiary/aromatic N) is 2. The molecule has 0 bridgehead atoms. The number of hydrogen-bond acceptors (Lipinski definition) is 1. The Hall–Kier alpha value is -3.56. The van der Waals surface area contributed by atoms with Gasteiger partial charge < -0.3 is 14.9 Å². The molecule has 6 rings (SSSR count). The zero-order chi connectivity index (χ0) is 18.7. The van der Waals surface area contributed by atoms with E-state index in [0.717, 1.165) is 5.69 Å². The van der Waals surface area contributed by atoms with Crippen molar-refractivity contribution in [1.82, 2.24) is 9.13 Å². The largest absolute Gasteiger partial charge is 0.325 e. The Morgan fingerprint density at radius 1 is 0.536 bits per heavy atom. The summed E-state index contributed by atoms with van der Waals surface area (Å²) in [5.74, 6) is 0. The van der Waals surface area contributed by atoms with Crippen LogP contribution in [0.5, 0.6) is 0 Å². The van der Waals surface area contributed by atoms with Gasteiger partial charge in [-0.1, -0.05) is 66.7 Å². The molecule has 0 atom stereocenters. The molecule has 28 heavy (non-hydrogen) atoms. The van der Waals surface area contributed by atoms with E-state index >= 15 is 0 Å². The molecule has 2 aromatic heterocycles. The number of fused-ring (bicyclic) bond motifs is 7. The zero-order valence-electron chi connectivity index (χ0n) is 15.3. The molecule has 3 nitrogen and oxygen atoms in total. The third-order valence-electron chi connectivity index (χ3n) is 5.76. The summed E-state index contributed by atoms with van der Waals surface area (Å²) < 4.78 is 4.61. The van der Waals surface area contributed by atoms with Gasteiger partial charge in [0, 0.05) is 27.2 Å². The Labute approximate surface area is 162 Å². The van der Waals surface area contributed by atoms with Gasteiger partial charge in [-0.3, -0.25) is 0 Å². The highest BCUT2D eigenvalue weighted by Crippen LogP contribution is 2.39. The maximum atomic E-state index is 6.25. The van der Waals surface area contributed by atoms with Gasteiger partial charge in [-0.25, -0.2) is 0 Å². The van der Waals surface area contributed by atoms with Crippen LogP contribution in [0.3, 0.4) is 0 Å². The van der Waals surface area contributed by atoms with Gasteiger partial charge in [0.15, 0.2) is 0 Å². The van der Waals surface area contributed by atoms with E-state index in [9.17, 15) is 0 Å². The summed E-state index contributed by atoms with van der Waals surface area (Å²) in [6.07, 6.45) is 0. The van der Waals surface area contributed by atoms with Gasteiger partial charge in [0.05, 0.1) is 28.7 Å². The van der Waals surface area contributed by atoms with Crippen LogP contribution in [0.4, 0.5) is 0 Å². The first kappa shape index (κ1) is 15.5. The van der Waals surface area contributed by atoms with Gasteiger partial charge in [-0.2, -0.15) is 0 Å². The average molecular weight is 361 g/mol. The van der Waals surface area contributed by atoms with E-state index < -0.39 is 0 Å². The molecule has 2 heterocycles. The van der Waals surface area contributed by atoms with Crippen LogP contribution >= 0.6 is 0 Å². The predicted octanol–water partition coefficient (Wildman–Crippen LogP) is 5.81. The molecule has 134 valence electrons. The highest BCUT2D eigenvalue weighted by Gasteiger charge is 2.19. The summed E-state index contributed by atoms with van der Waals surface area (Å²) in [5.41, 5.74) is 12.2. The van der Waals surface area contributed by atoms with Crippen LogP contribution in [-0.4, -0.2) is 9.13 Å². The number of nitrogens with two attached hydrogens (primary N) is 1. The summed E-state index contributed by atoms with van der Waals surface area (Å²) in [6, 6.07) is 32.2. The molecule has 0 aliphatic heterocycles. The fourth-order valence-electron chi connectivity index (χ4n) is 4.62. The summed E-state index contributed by atoms with van der Waals surface area (Å²) in [7, 11) is 0. The molecule has 0 aliphatic rings. The van der Waals surface area contributed by atoms with E-state index in [-0.39, 0.29) is 0 Å². The van der Waals surface area contributed by atoms with E-state index in [1.54, 1.807) is 0 Å². The lowest BCUT2D eigenvalue weighted by molar-refractivity contribution is 0.791. The number of aromatic nitrogens is 2. The SMILES string of the molecule is NCn1c2ccccc2c2ccc3c4ccccc4n(-c4ccccc4)c3c21. The monoisotopic (exact) mass is 361 g/mol. The molecule has 0 unspecified atom stereocenters. The van der Waals surface area contributed by atoms with Gasteiger partial charge in [0.25, 0.3) is 0 Å². The van der Waals surface area contributed by atoms with Crippen LogP contribution in [0.25, 0.3) is 49.3 Å². The van der Waals surface area contributed by atoms with E-state index in [2.05, 4.69) is 100 Å². The fourth-order valence-corrected chi connectivity index (χ4v) is 4.62. The van der Waals surface area contributed by atoms with Crippen LogP contribution in [0.2, 0.25) is 0 Å². The summed E-state index contributed by atoms with van der Waals surface area (Å²) in [6.45, 7) is 0.444. The van der Waals surface area contributed by atoms with Gasteiger partial charge in [0.2, 0.25) is 0 Å². The van der Waals surface area contributed by atoms with Gasteiger partial charge in [0.1, 0.15) is 0 Å². The van der Waals surface area contributed by atoms with Crippen molar-refractivity contribution in [3.63, 3.8) is 0 Å². The third kappa shape index (κ3) is 1.91. The van der Waals surface area contributed by atoms with Crippen LogP contribution in [0, 0.1) is 0 Å². The second-order valence-corrected chi connectivity index (χ2v) is 7.17. The normalized spacial score (nSPS) is 11.9. The van der Waals surface area contributed by atoms with Crippen LogP contribution in [0.1, 0.15) is 0 Å². The molecular formula is C25H19N3. The molecule has 3 heteroatoms. The fraction of sp³-hybridized carbons (Fsp3) is 0.0400. The number of hydrogen-bond donors (Lipinski definition) is 1. The molecule has 0 radical (unpaired) electrons. The first-order valence-electron chi connectivity index (χ1n) is 9.57. The van der Waals surface area contributed by atoms with E-state index in [1.807, 2.05) is 0 Å². The predicted molar refractivity (Wildman–Crippen MR) is 118 cm³/mol. The first-order chi connectivity index (χ1) is 13.9. The molecule has 0 fully saturated rings. The number of benzene rings is 4. The third-order valence-corrected chi connectivity index (χ3v) is 5.76. The van der Waals surface area contributed by atoms with Crippen molar-refractivity contribution in [2.75, 3.05) is 0 Å². The van der Waals surface area contributed by atoms with Crippen LogP contribution < -0.4 is 5.73 Å². The maximum Gasteiger partial charge on any atom is 0.0785 e. The first-order valence-corrected chi connectivity index (χ1v) is 9.57. The standard InChI is InChI=1S/C25H19N3/c26-16-27-22-12-6-4-10-18(22)20-14-15-21-19-11-5-7-13-23(19)28(25(21)24(20)27)17-8-2-1-3-9-17/h1-15H,16,26H2. The van der Waals surface area contributed by atoms with Crippen LogP contribution in [0.15, 0.2) is 91.0 Å². The molecule has 0 saturated carbocycles. The van der Waals surface area contributed by atoms with E-state index in [1.165, 1.54) is 43.6 Å². The Bertz CT molecular complexity index is 1490. The number of rotatable bonds is 2. The highest BCUT2D eigenvalue weighted by molar-refractivity contribution is 6.23. The van der Waals surface area contributed by atoms with Crippen molar-refractivity contribution in [3.05, 3.63) is 91.0 Å².